The molecule has 1 nitrogen and oxygen atoms in total. The van der Waals surface area contributed by atoms with E-state index in [1.54, 1.807) is 0 Å². The smallest absolute Gasteiger partial charge is 0.0136 e. The van der Waals surface area contributed by atoms with Gasteiger partial charge in [0.25, 0.3) is 0 Å². The van der Waals surface area contributed by atoms with Gasteiger partial charge in [-0.3, -0.25) is 4.90 Å². The van der Waals surface area contributed by atoms with Crippen LogP contribution in [0.1, 0.15) is 34.1 Å². The Hall–Kier alpha value is -0.0400. The van der Waals surface area contributed by atoms with E-state index >= 15 is 0 Å². The lowest BCUT2D eigenvalue weighted by Crippen LogP contribution is -2.56. The summed E-state index contributed by atoms with van der Waals surface area (Å²) in [4.78, 5) is 2.59. The van der Waals surface area contributed by atoms with Crippen LogP contribution in [-0.2, 0) is 0 Å². The first-order chi connectivity index (χ1) is 4.66. The highest BCUT2D eigenvalue weighted by Gasteiger charge is 2.35. The van der Waals surface area contributed by atoms with E-state index in [-0.39, 0.29) is 0 Å². The third kappa shape index (κ3) is 1.20. The van der Waals surface area contributed by atoms with Crippen LogP contribution in [0.4, 0.5) is 0 Å². The Morgan fingerprint density at radius 3 is 2.30 bits per heavy atom. The molecule has 2 unspecified atom stereocenters. The van der Waals surface area contributed by atoms with Crippen LogP contribution in [0.3, 0.4) is 0 Å². The molecule has 1 saturated heterocycles. The van der Waals surface area contributed by atoms with Gasteiger partial charge in [0, 0.05) is 12.1 Å². The summed E-state index contributed by atoms with van der Waals surface area (Å²) in [6.07, 6.45) is 1.41. The van der Waals surface area contributed by atoms with Crippen LogP contribution in [0, 0.1) is 5.92 Å². The lowest BCUT2D eigenvalue weighted by Gasteiger charge is -2.49. The molecule has 2 atom stereocenters. The highest BCUT2D eigenvalue weighted by atomic mass is 15.2. The van der Waals surface area contributed by atoms with Crippen molar-refractivity contribution in [1.82, 2.24) is 4.90 Å². The molecule has 1 fully saturated rings. The van der Waals surface area contributed by atoms with Crippen molar-refractivity contribution in [3.05, 3.63) is 0 Å². The molecule has 0 aromatic carbocycles. The van der Waals surface area contributed by atoms with E-state index in [1.165, 1.54) is 13.0 Å². The van der Waals surface area contributed by atoms with Crippen molar-refractivity contribution in [2.75, 3.05) is 6.54 Å². The second-order valence-corrected chi connectivity index (χ2v) is 3.73. The van der Waals surface area contributed by atoms with E-state index in [0.717, 1.165) is 18.0 Å². The van der Waals surface area contributed by atoms with Crippen LogP contribution in [0.15, 0.2) is 0 Å². The van der Waals surface area contributed by atoms with Crippen LogP contribution in [0.25, 0.3) is 0 Å². The largest absolute Gasteiger partial charge is 0.298 e. The van der Waals surface area contributed by atoms with E-state index < -0.39 is 0 Å². The summed E-state index contributed by atoms with van der Waals surface area (Å²) in [5.41, 5.74) is 0. The Balaban J connectivity index is 2.37. The molecule has 0 aromatic heterocycles. The Bertz CT molecular complexity index is 105. The minimum absolute atomic E-state index is 0.844. The SMILES string of the molecule is CCN1C(C)CC1C(C)C. The van der Waals surface area contributed by atoms with Gasteiger partial charge in [0.15, 0.2) is 0 Å². The highest BCUT2D eigenvalue weighted by molar-refractivity contribution is 4.90. The van der Waals surface area contributed by atoms with Crippen LogP contribution in [0.2, 0.25) is 0 Å². The van der Waals surface area contributed by atoms with Crippen LogP contribution in [-0.4, -0.2) is 23.5 Å². The Morgan fingerprint density at radius 1 is 1.50 bits per heavy atom. The Labute approximate surface area is 64.4 Å². The van der Waals surface area contributed by atoms with Crippen molar-refractivity contribution in [3.8, 4) is 0 Å². The zero-order valence-corrected chi connectivity index (χ0v) is 7.59. The maximum atomic E-state index is 2.59. The lowest BCUT2D eigenvalue weighted by atomic mass is 9.86. The zero-order chi connectivity index (χ0) is 7.72. The average molecular weight is 141 g/mol. The Kier molecular flexibility index (Phi) is 2.35. The van der Waals surface area contributed by atoms with Crippen molar-refractivity contribution in [1.29, 1.82) is 0 Å². The molecular formula is C9H19N. The molecule has 0 amide bonds. The summed E-state index contributed by atoms with van der Waals surface area (Å²) in [6.45, 7) is 10.4. The number of nitrogens with zero attached hydrogens (tertiary/aromatic N) is 1. The summed E-state index contributed by atoms with van der Waals surface area (Å²) in [5.74, 6) is 0.844. The summed E-state index contributed by atoms with van der Waals surface area (Å²) >= 11 is 0. The van der Waals surface area contributed by atoms with Gasteiger partial charge in [-0.05, 0) is 25.8 Å². The second kappa shape index (κ2) is 2.91. The van der Waals surface area contributed by atoms with E-state index in [2.05, 4.69) is 32.6 Å². The van der Waals surface area contributed by atoms with E-state index in [1.807, 2.05) is 0 Å². The number of hydrogen-bond donors (Lipinski definition) is 0. The fourth-order valence-electron chi connectivity index (χ4n) is 2.01. The molecule has 1 rings (SSSR count). The molecule has 1 heteroatoms. The lowest BCUT2D eigenvalue weighted by molar-refractivity contribution is 0.00374. The summed E-state index contributed by atoms with van der Waals surface area (Å²) < 4.78 is 0. The van der Waals surface area contributed by atoms with Gasteiger partial charge in [-0.1, -0.05) is 20.8 Å². The second-order valence-electron chi connectivity index (χ2n) is 3.73. The molecule has 0 spiro atoms. The van der Waals surface area contributed by atoms with Crippen LogP contribution < -0.4 is 0 Å². The zero-order valence-electron chi connectivity index (χ0n) is 7.59. The van der Waals surface area contributed by atoms with Crippen molar-refractivity contribution in [3.63, 3.8) is 0 Å². The van der Waals surface area contributed by atoms with Crippen molar-refractivity contribution < 1.29 is 0 Å². The quantitative estimate of drug-likeness (QED) is 0.569. The van der Waals surface area contributed by atoms with Crippen LogP contribution in [0.5, 0.6) is 0 Å². The fraction of sp³-hybridized carbons (Fsp3) is 1.00. The van der Waals surface area contributed by atoms with Crippen molar-refractivity contribution >= 4 is 0 Å². The molecular weight excluding hydrogens is 122 g/mol. The highest BCUT2D eigenvalue weighted by Crippen LogP contribution is 2.29. The molecule has 1 aliphatic heterocycles. The van der Waals surface area contributed by atoms with Gasteiger partial charge >= 0.3 is 0 Å². The first-order valence-electron chi connectivity index (χ1n) is 4.42. The first kappa shape index (κ1) is 8.06. The van der Waals surface area contributed by atoms with Gasteiger partial charge in [-0.2, -0.15) is 0 Å². The van der Waals surface area contributed by atoms with Gasteiger partial charge in [-0.15, -0.1) is 0 Å². The molecule has 0 aromatic rings. The third-order valence-corrected chi connectivity index (χ3v) is 2.71. The van der Waals surface area contributed by atoms with Gasteiger partial charge in [0.2, 0.25) is 0 Å². The topological polar surface area (TPSA) is 3.24 Å². The van der Waals surface area contributed by atoms with Gasteiger partial charge < -0.3 is 0 Å². The summed E-state index contributed by atoms with van der Waals surface area (Å²) in [5, 5.41) is 0. The number of rotatable bonds is 2. The normalized spacial score (nSPS) is 34.5. The fourth-order valence-corrected chi connectivity index (χ4v) is 2.01. The molecule has 10 heavy (non-hydrogen) atoms. The maximum Gasteiger partial charge on any atom is 0.0136 e. The van der Waals surface area contributed by atoms with Gasteiger partial charge in [0.05, 0.1) is 0 Å². The van der Waals surface area contributed by atoms with Crippen molar-refractivity contribution in [2.45, 2.75) is 46.2 Å². The standard InChI is InChI=1S/C9H19N/c1-5-10-8(4)6-9(10)7(2)3/h7-9H,5-6H2,1-4H3. The van der Waals surface area contributed by atoms with E-state index in [4.69, 9.17) is 0 Å². The monoisotopic (exact) mass is 141 g/mol. The van der Waals surface area contributed by atoms with E-state index in [9.17, 15) is 0 Å². The molecule has 1 aliphatic rings. The van der Waals surface area contributed by atoms with Gasteiger partial charge in [-0.25, -0.2) is 0 Å². The average Bonchev–Trinajstić information content (AvgIpc) is 1.83. The number of hydrogen-bond acceptors (Lipinski definition) is 1. The van der Waals surface area contributed by atoms with Crippen LogP contribution >= 0.6 is 0 Å². The minimum Gasteiger partial charge on any atom is -0.298 e. The molecule has 0 aliphatic carbocycles. The minimum atomic E-state index is 0.844. The molecule has 1 heterocycles. The molecule has 0 saturated carbocycles. The molecule has 0 N–H and O–H groups in total. The van der Waals surface area contributed by atoms with Crippen molar-refractivity contribution in [2.24, 2.45) is 5.92 Å². The predicted molar refractivity (Wildman–Crippen MR) is 45.1 cm³/mol. The first-order valence-corrected chi connectivity index (χ1v) is 4.42. The molecule has 60 valence electrons. The summed E-state index contributed by atoms with van der Waals surface area (Å²) in [7, 11) is 0. The predicted octanol–water partition coefficient (Wildman–Crippen LogP) is 2.13. The number of likely N-dealkylation sites (tertiary alicyclic amines) is 1. The third-order valence-electron chi connectivity index (χ3n) is 2.71. The molecule has 0 bridgehead atoms. The van der Waals surface area contributed by atoms with E-state index in [0.29, 0.717) is 0 Å². The Morgan fingerprint density at radius 2 is 2.10 bits per heavy atom. The molecule has 0 radical (unpaired) electrons. The summed E-state index contributed by atoms with van der Waals surface area (Å²) in [6, 6.07) is 1.72. The van der Waals surface area contributed by atoms with Gasteiger partial charge in [0.1, 0.15) is 0 Å². The maximum absolute atomic E-state index is 2.59.